The third kappa shape index (κ3) is 8.14. The zero-order valence-electron chi connectivity index (χ0n) is 33.4. The van der Waals surface area contributed by atoms with E-state index in [9.17, 15) is 28.4 Å². The summed E-state index contributed by atoms with van der Waals surface area (Å²) in [4.78, 5) is 80.4. The van der Waals surface area contributed by atoms with E-state index in [1.165, 1.54) is 24.5 Å². The quantitative estimate of drug-likeness (QED) is 0.0923. The number of piperazine rings is 1. The molecule has 15 nitrogen and oxygen atoms in total. The van der Waals surface area contributed by atoms with E-state index in [2.05, 4.69) is 47.2 Å². The Morgan fingerprint density at radius 3 is 2.56 bits per heavy atom. The molecule has 3 N–H and O–H groups in total. The first-order chi connectivity index (χ1) is 29.5. The molecule has 4 saturated heterocycles. The van der Waals surface area contributed by atoms with Crippen molar-refractivity contribution in [2.75, 3.05) is 61.4 Å². The number of rotatable bonds is 13. The minimum atomic E-state index is -0.978. The van der Waals surface area contributed by atoms with Gasteiger partial charge in [0, 0.05) is 67.5 Å². The van der Waals surface area contributed by atoms with E-state index in [1.54, 1.807) is 30.3 Å². The van der Waals surface area contributed by atoms with E-state index >= 15 is 0 Å². The number of carbonyl (C=O) groups excluding carboxylic acids is 5. The zero-order valence-corrected chi connectivity index (χ0v) is 34.1. The first-order valence-electron chi connectivity index (χ1n) is 20.7. The first-order valence-corrected chi connectivity index (χ1v) is 21.1. The number of hydrogen-bond acceptors (Lipinski definition) is 12. The Hall–Kier alpha value is -5.97. The summed E-state index contributed by atoms with van der Waals surface area (Å²) in [6.07, 6.45) is 6.91. The van der Waals surface area contributed by atoms with Crippen LogP contribution in [0.1, 0.15) is 59.2 Å². The van der Waals surface area contributed by atoms with Gasteiger partial charge in [-0.1, -0.05) is 18.2 Å². The van der Waals surface area contributed by atoms with Crippen LogP contribution in [0, 0.1) is 11.7 Å². The number of ether oxygens (including phenoxy) is 1. The second-order valence-electron chi connectivity index (χ2n) is 16.3. The number of piperidine rings is 2. The first kappa shape index (κ1) is 40.4. The average Bonchev–Trinajstić information content (AvgIpc) is 3.93. The maximum absolute atomic E-state index is 13.7. The molecule has 5 amide bonds. The molecule has 6 heterocycles. The Bertz CT molecular complexity index is 2460. The molecule has 5 aliphatic rings. The van der Waals surface area contributed by atoms with Crippen molar-refractivity contribution in [3.05, 3.63) is 89.5 Å². The van der Waals surface area contributed by atoms with Crippen molar-refractivity contribution in [2.45, 2.75) is 56.7 Å². The summed E-state index contributed by atoms with van der Waals surface area (Å²) in [7, 11) is 0. The Morgan fingerprint density at radius 1 is 0.984 bits per heavy atom. The van der Waals surface area contributed by atoms with E-state index in [1.807, 2.05) is 6.07 Å². The highest BCUT2D eigenvalue weighted by molar-refractivity contribution is 6.31. The van der Waals surface area contributed by atoms with Gasteiger partial charge in [-0.2, -0.15) is 0 Å². The lowest BCUT2D eigenvalue weighted by Crippen LogP contribution is -2.54. The Kier molecular flexibility index (Phi) is 11.2. The van der Waals surface area contributed by atoms with Crippen molar-refractivity contribution in [3.63, 3.8) is 0 Å². The average molecular weight is 850 g/mol. The molecule has 9 rings (SSSR count). The van der Waals surface area contributed by atoms with Crippen LogP contribution >= 0.6 is 11.6 Å². The lowest BCUT2D eigenvalue weighted by atomic mass is 9.95. The van der Waals surface area contributed by atoms with Crippen LogP contribution in [-0.4, -0.2) is 118 Å². The number of aromatic nitrogens is 2. The van der Waals surface area contributed by atoms with E-state index < -0.39 is 35.5 Å². The van der Waals surface area contributed by atoms with Crippen molar-refractivity contribution >= 4 is 74.9 Å². The topological polar surface area (TPSA) is 169 Å². The predicted molar refractivity (Wildman–Crippen MR) is 227 cm³/mol. The summed E-state index contributed by atoms with van der Waals surface area (Å²) >= 11 is 5.98. The number of fused-ring (bicyclic) bond motifs is 4. The third-order valence-electron chi connectivity index (χ3n) is 12.5. The molecule has 0 aliphatic carbocycles. The zero-order chi connectivity index (χ0) is 42.4. The maximum Gasteiger partial charge on any atom is 0.262 e. The summed E-state index contributed by atoms with van der Waals surface area (Å²) in [6.45, 7) is 9.79. The molecule has 2 bridgehead atoms. The fourth-order valence-corrected chi connectivity index (χ4v) is 9.60. The monoisotopic (exact) mass is 849 g/mol. The number of anilines is 4. The number of nitrogens with one attached hydrogen (secondary N) is 3. The van der Waals surface area contributed by atoms with E-state index in [4.69, 9.17) is 16.3 Å². The van der Waals surface area contributed by atoms with Gasteiger partial charge in [0.1, 0.15) is 29.8 Å². The summed E-state index contributed by atoms with van der Waals surface area (Å²) in [5.74, 6) is -1.35. The maximum atomic E-state index is 13.7. The largest absolute Gasteiger partial charge is 0.491 e. The van der Waals surface area contributed by atoms with Crippen LogP contribution in [0.2, 0.25) is 5.02 Å². The van der Waals surface area contributed by atoms with Crippen LogP contribution in [0.3, 0.4) is 0 Å². The number of likely N-dealkylation sites (tertiary alicyclic amines) is 2. The Balaban J connectivity index is 0.746. The van der Waals surface area contributed by atoms with Crippen LogP contribution in [0.4, 0.5) is 27.3 Å². The Labute approximate surface area is 356 Å². The molecule has 3 unspecified atom stereocenters. The molecular formula is C44H45ClFN9O6. The van der Waals surface area contributed by atoms with Crippen LogP contribution in [0.25, 0.3) is 10.9 Å². The molecule has 4 aromatic rings. The van der Waals surface area contributed by atoms with E-state index in [0.717, 1.165) is 75.5 Å². The van der Waals surface area contributed by atoms with Gasteiger partial charge in [0.05, 0.1) is 34.0 Å². The number of hydrogen-bond donors (Lipinski definition) is 3. The SMILES string of the molecule is C=CC(=O)Nc1cc2c(Nc3ccc(F)c(Cl)c3)ncnc2cc1OCCCN1CCC(CN2CC3CC2CN3c2ccc3c(c2)C(=O)N(C2CCC(=O)NC2=O)C3=O)CC1. The molecular weight excluding hydrogens is 805 g/mol. The van der Waals surface area contributed by atoms with Crippen LogP contribution in [0.5, 0.6) is 5.75 Å². The highest BCUT2D eigenvalue weighted by Crippen LogP contribution is 2.39. The molecule has 3 atom stereocenters. The predicted octanol–water partition coefficient (Wildman–Crippen LogP) is 5.14. The van der Waals surface area contributed by atoms with Crippen LogP contribution in [-0.2, 0) is 14.4 Å². The highest BCUT2D eigenvalue weighted by atomic mass is 35.5. The number of imide groups is 2. The standard InChI is InChI=1S/C44H45ClFN9O6/c1-2-39(56)50-36-19-32-35(47-24-48-41(32)49-26-4-7-34(46)33(45)16-26)20-38(36)61-15-3-12-52-13-10-25(11-14-52)21-53-22-29-17-28(53)23-54(29)27-5-6-30-31(18-27)44(60)55(43(30)59)37-8-9-40(57)51-42(37)58/h2,4-7,16,18-20,24-25,28-29,37H,1,3,8-15,17,21-23H2,(H,50,56)(H,47,48,49)(H,51,57,58). The molecule has 3 aromatic carbocycles. The Morgan fingerprint density at radius 2 is 1.80 bits per heavy atom. The van der Waals surface area contributed by atoms with Crippen LogP contribution in [0.15, 0.2) is 67.5 Å². The van der Waals surface area contributed by atoms with Crippen LogP contribution < -0.4 is 25.6 Å². The van der Waals surface area contributed by atoms with Gasteiger partial charge >= 0.3 is 0 Å². The molecule has 316 valence electrons. The smallest absolute Gasteiger partial charge is 0.262 e. The summed E-state index contributed by atoms with van der Waals surface area (Å²) in [5.41, 5.74) is 3.11. The van der Waals surface area contributed by atoms with Crippen molar-refractivity contribution in [1.82, 2.24) is 30.0 Å². The lowest BCUT2D eigenvalue weighted by Gasteiger charge is -2.39. The molecule has 0 spiro atoms. The number of halogens is 2. The molecule has 17 heteroatoms. The summed E-state index contributed by atoms with van der Waals surface area (Å²) < 4.78 is 20.0. The van der Waals surface area contributed by atoms with Crippen molar-refractivity contribution in [3.8, 4) is 5.75 Å². The lowest BCUT2D eigenvalue weighted by molar-refractivity contribution is -0.136. The van der Waals surface area contributed by atoms with Gasteiger partial charge in [0.2, 0.25) is 17.7 Å². The molecule has 4 fully saturated rings. The van der Waals surface area contributed by atoms with Gasteiger partial charge in [-0.05, 0) is 99.7 Å². The molecule has 61 heavy (non-hydrogen) atoms. The minimum Gasteiger partial charge on any atom is -0.491 e. The third-order valence-corrected chi connectivity index (χ3v) is 12.8. The fourth-order valence-electron chi connectivity index (χ4n) is 9.42. The van der Waals surface area contributed by atoms with Crippen molar-refractivity contribution < 1.29 is 33.1 Å². The molecule has 1 aromatic heterocycles. The summed E-state index contributed by atoms with van der Waals surface area (Å²) in [5, 5.41) is 8.84. The van der Waals surface area contributed by atoms with E-state index in [-0.39, 0.29) is 23.8 Å². The molecule has 0 saturated carbocycles. The number of nitrogens with zero attached hydrogens (tertiary/aromatic N) is 6. The van der Waals surface area contributed by atoms with Gasteiger partial charge in [0.15, 0.2) is 0 Å². The normalized spacial score (nSPS) is 21.9. The fraction of sp³-hybridized carbons (Fsp3) is 0.386. The molecule has 5 aliphatic heterocycles. The van der Waals surface area contributed by atoms with Crippen molar-refractivity contribution in [2.24, 2.45) is 5.92 Å². The van der Waals surface area contributed by atoms with Gasteiger partial charge in [-0.25, -0.2) is 14.4 Å². The van der Waals surface area contributed by atoms with Gasteiger partial charge < -0.3 is 25.2 Å². The molecule has 0 radical (unpaired) electrons. The minimum absolute atomic E-state index is 0.0229. The number of benzene rings is 3. The van der Waals surface area contributed by atoms with E-state index in [0.29, 0.717) is 69.6 Å². The van der Waals surface area contributed by atoms with Gasteiger partial charge in [-0.15, -0.1) is 0 Å². The van der Waals surface area contributed by atoms with Gasteiger partial charge in [-0.3, -0.25) is 39.1 Å². The highest BCUT2D eigenvalue weighted by Gasteiger charge is 2.47. The number of carbonyl (C=O) groups is 5. The summed E-state index contributed by atoms with van der Waals surface area (Å²) in [6, 6.07) is 13.0. The van der Waals surface area contributed by atoms with Crippen molar-refractivity contribution in [1.29, 1.82) is 0 Å². The number of amides is 5. The van der Waals surface area contributed by atoms with Gasteiger partial charge in [0.25, 0.3) is 11.8 Å². The second kappa shape index (κ2) is 16.8. The second-order valence-corrected chi connectivity index (χ2v) is 16.8.